The summed E-state index contributed by atoms with van der Waals surface area (Å²) in [6.45, 7) is 3.58. The van der Waals surface area contributed by atoms with Gasteiger partial charge in [0.1, 0.15) is 0 Å². The van der Waals surface area contributed by atoms with Gasteiger partial charge in [-0.1, -0.05) is 6.07 Å². The van der Waals surface area contributed by atoms with Crippen LogP contribution in [0.4, 0.5) is 0 Å². The summed E-state index contributed by atoms with van der Waals surface area (Å²) in [4.78, 5) is 8.70. The van der Waals surface area contributed by atoms with Crippen LogP contribution in [0.3, 0.4) is 0 Å². The zero-order chi connectivity index (χ0) is 12.7. The Kier molecular flexibility index (Phi) is 2.26. The van der Waals surface area contributed by atoms with Gasteiger partial charge in [0.2, 0.25) is 0 Å². The average Bonchev–Trinajstić information content (AvgIpc) is 2.76. The third-order valence-electron chi connectivity index (χ3n) is 2.81. The van der Waals surface area contributed by atoms with Crippen LogP contribution in [0.25, 0.3) is 17.0 Å². The molecule has 5 nitrogen and oxygen atoms in total. The van der Waals surface area contributed by atoms with E-state index >= 15 is 0 Å². The van der Waals surface area contributed by atoms with Crippen LogP contribution in [0.1, 0.15) is 11.3 Å². The summed E-state index contributed by atoms with van der Waals surface area (Å²) in [5.74, 6) is -0.145. The van der Waals surface area contributed by atoms with Crippen molar-refractivity contribution in [2.45, 2.75) is 13.8 Å². The first-order valence-corrected chi connectivity index (χ1v) is 5.62. The molecule has 0 radical (unpaired) electrons. The zero-order valence-corrected chi connectivity index (χ0v) is 10.1. The van der Waals surface area contributed by atoms with Gasteiger partial charge in [0.05, 0.1) is 17.1 Å². The third kappa shape index (κ3) is 1.52. The van der Waals surface area contributed by atoms with E-state index in [1.807, 2.05) is 25.1 Å². The van der Waals surface area contributed by atoms with E-state index in [1.165, 1.54) is 4.52 Å². The van der Waals surface area contributed by atoms with Crippen LogP contribution in [-0.2, 0) is 0 Å². The Labute approximate surface area is 104 Å². The molecule has 0 aliphatic heterocycles. The second kappa shape index (κ2) is 3.80. The molecule has 3 aromatic rings. The number of aryl methyl sites for hydroxylation is 1. The van der Waals surface area contributed by atoms with Crippen LogP contribution >= 0.6 is 0 Å². The highest BCUT2D eigenvalue weighted by molar-refractivity contribution is 5.64. The smallest absolute Gasteiger partial charge is 0.155 e. The predicted molar refractivity (Wildman–Crippen MR) is 65.1 cm³/mol. The van der Waals surface area contributed by atoms with Gasteiger partial charge in [-0.3, -0.25) is 4.98 Å². The van der Waals surface area contributed by atoms with E-state index in [9.17, 15) is 5.11 Å². The molecule has 3 heterocycles. The Morgan fingerprint density at radius 1 is 1.22 bits per heavy atom. The summed E-state index contributed by atoms with van der Waals surface area (Å²) in [6.07, 6.45) is 1.69. The van der Waals surface area contributed by atoms with Gasteiger partial charge in [0, 0.05) is 12.3 Å². The first-order chi connectivity index (χ1) is 8.66. The lowest BCUT2D eigenvalue weighted by molar-refractivity contribution is -0.278. The van der Waals surface area contributed by atoms with Gasteiger partial charge in [0.15, 0.2) is 5.65 Å². The van der Waals surface area contributed by atoms with Crippen LogP contribution in [0, 0.1) is 13.8 Å². The minimum Gasteiger partial charge on any atom is -0.858 e. The summed E-state index contributed by atoms with van der Waals surface area (Å²) in [5, 5.41) is 16.3. The Bertz CT molecular complexity index is 719. The maximum atomic E-state index is 12.2. The molecule has 0 aromatic carbocycles. The molecule has 0 fully saturated rings. The lowest BCUT2D eigenvalue weighted by atomic mass is 10.2. The SMILES string of the molecule is Cc1cc2nc(-c3ccccn3)c(C)c([O-])n2n1. The van der Waals surface area contributed by atoms with E-state index in [2.05, 4.69) is 15.1 Å². The summed E-state index contributed by atoms with van der Waals surface area (Å²) in [6, 6.07) is 7.33. The first kappa shape index (κ1) is 10.7. The molecule has 0 aliphatic rings. The summed E-state index contributed by atoms with van der Waals surface area (Å²) in [7, 11) is 0. The minimum atomic E-state index is -0.145. The zero-order valence-electron chi connectivity index (χ0n) is 10.1. The molecular weight excluding hydrogens is 228 g/mol. The van der Waals surface area contributed by atoms with Crippen molar-refractivity contribution in [3.8, 4) is 17.3 Å². The van der Waals surface area contributed by atoms with Crippen LogP contribution in [0.15, 0.2) is 30.5 Å². The number of aromatic nitrogens is 4. The van der Waals surface area contributed by atoms with Crippen LogP contribution in [0.5, 0.6) is 5.88 Å². The van der Waals surface area contributed by atoms with Gasteiger partial charge in [-0.15, -0.1) is 0 Å². The van der Waals surface area contributed by atoms with Crippen LogP contribution in [0.2, 0.25) is 0 Å². The van der Waals surface area contributed by atoms with Gasteiger partial charge < -0.3 is 5.11 Å². The number of hydrogen-bond donors (Lipinski definition) is 0. The second-order valence-corrected chi connectivity index (χ2v) is 4.16. The van der Waals surface area contributed by atoms with Crippen molar-refractivity contribution in [2.75, 3.05) is 0 Å². The molecule has 0 saturated heterocycles. The van der Waals surface area contributed by atoms with E-state index in [1.54, 1.807) is 19.2 Å². The Morgan fingerprint density at radius 2 is 2.06 bits per heavy atom. The molecule has 18 heavy (non-hydrogen) atoms. The van der Waals surface area contributed by atoms with Crippen molar-refractivity contribution < 1.29 is 5.11 Å². The first-order valence-electron chi connectivity index (χ1n) is 5.62. The monoisotopic (exact) mass is 239 g/mol. The highest BCUT2D eigenvalue weighted by Gasteiger charge is 2.10. The fraction of sp³-hybridized carbons (Fsp3) is 0.154. The predicted octanol–water partition coefficient (Wildman–Crippen LogP) is 1.48. The highest BCUT2D eigenvalue weighted by Crippen LogP contribution is 2.25. The van der Waals surface area contributed by atoms with Gasteiger partial charge in [-0.05, 0) is 37.4 Å². The topological polar surface area (TPSA) is 66.1 Å². The van der Waals surface area contributed by atoms with E-state index in [0.717, 1.165) is 5.69 Å². The molecule has 0 bridgehead atoms. The van der Waals surface area contributed by atoms with Crippen molar-refractivity contribution in [3.63, 3.8) is 0 Å². The van der Waals surface area contributed by atoms with Gasteiger partial charge in [0.25, 0.3) is 0 Å². The third-order valence-corrected chi connectivity index (χ3v) is 2.81. The highest BCUT2D eigenvalue weighted by atomic mass is 16.3. The summed E-state index contributed by atoms with van der Waals surface area (Å²) < 4.78 is 1.33. The molecule has 0 N–H and O–H groups in total. The largest absolute Gasteiger partial charge is 0.858 e. The van der Waals surface area contributed by atoms with Crippen molar-refractivity contribution in [2.24, 2.45) is 0 Å². The van der Waals surface area contributed by atoms with Gasteiger partial charge in [-0.25, -0.2) is 9.50 Å². The Morgan fingerprint density at radius 3 is 2.78 bits per heavy atom. The molecule has 0 atom stereocenters. The van der Waals surface area contributed by atoms with Crippen molar-refractivity contribution >= 4 is 5.65 Å². The van der Waals surface area contributed by atoms with Crippen molar-refractivity contribution in [3.05, 3.63) is 41.7 Å². The fourth-order valence-corrected chi connectivity index (χ4v) is 1.93. The molecule has 0 saturated carbocycles. The standard InChI is InChI=1S/C13H12N4O/c1-8-7-11-15-12(10-5-3-4-6-14-10)9(2)13(18)17(11)16-8/h3-7,18H,1-2H3/p-1. The number of nitrogens with zero attached hydrogens (tertiary/aromatic N) is 4. The Hall–Kier alpha value is -2.43. The van der Waals surface area contributed by atoms with Gasteiger partial charge >= 0.3 is 0 Å². The maximum absolute atomic E-state index is 12.2. The number of fused-ring (bicyclic) bond motifs is 1. The molecule has 0 spiro atoms. The average molecular weight is 239 g/mol. The van der Waals surface area contributed by atoms with Crippen molar-refractivity contribution in [1.82, 2.24) is 19.6 Å². The lowest BCUT2D eigenvalue weighted by Gasteiger charge is -2.15. The molecule has 0 aliphatic carbocycles. The van der Waals surface area contributed by atoms with E-state index in [4.69, 9.17) is 0 Å². The van der Waals surface area contributed by atoms with Crippen LogP contribution < -0.4 is 5.11 Å². The second-order valence-electron chi connectivity index (χ2n) is 4.16. The minimum absolute atomic E-state index is 0.145. The molecule has 0 unspecified atom stereocenters. The number of rotatable bonds is 1. The molecule has 3 aromatic heterocycles. The molecular formula is C13H11N4O-. The molecule has 90 valence electrons. The normalized spacial score (nSPS) is 11.0. The van der Waals surface area contributed by atoms with E-state index < -0.39 is 0 Å². The molecule has 3 rings (SSSR count). The number of hydrogen-bond acceptors (Lipinski definition) is 4. The fourth-order valence-electron chi connectivity index (χ4n) is 1.93. The summed E-state index contributed by atoms with van der Waals surface area (Å²) in [5.41, 5.74) is 3.21. The Balaban J connectivity index is 2.34. The van der Waals surface area contributed by atoms with Crippen molar-refractivity contribution in [1.29, 1.82) is 0 Å². The molecule has 0 amide bonds. The van der Waals surface area contributed by atoms with Gasteiger partial charge in [-0.2, -0.15) is 5.10 Å². The summed E-state index contributed by atoms with van der Waals surface area (Å²) >= 11 is 0. The van der Waals surface area contributed by atoms with E-state index in [-0.39, 0.29) is 5.88 Å². The van der Waals surface area contributed by atoms with E-state index in [0.29, 0.717) is 22.6 Å². The maximum Gasteiger partial charge on any atom is 0.155 e. The molecule has 5 heteroatoms. The van der Waals surface area contributed by atoms with Crippen LogP contribution in [-0.4, -0.2) is 19.6 Å². The lowest BCUT2D eigenvalue weighted by Crippen LogP contribution is -2.07. The number of pyridine rings is 1. The quantitative estimate of drug-likeness (QED) is 0.645.